The van der Waals surface area contributed by atoms with Gasteiger partial charge in [-0.05, 0) is 98.6 Å². The molecule has 2 heterocycles. The quantitative estimate of drug-likeness (QED) is 0.173. The van der Waals surface area contributed by atoms with Crippen LogP contribution in [0.25, 0.3) is 82.8 Å². The minimum absolute atomic E-state index is 0.643. The van der Waals surface area contributed by atoms with Gasteiger partial charge in [-0.25, -0.2) is 0 Å². The Morgan fingerprint density at radius 3 is 1.49 bits per heavy atom. The molecule has 0 saturated heterocycles. The van der Waals surface area contributed by atoms with Crippen LogP contribution in [0.5, 0.6) is 0 Å². The summed E-state index contributed by atoms with van der Waals surface area (Å²) in [6.45, 7) is 0. The summed E-state index contributed by atoms with van der Waals surface area (Å²) in [5.74, 6) is 0. The molecule has 9 aromatic carbocycles. The smallest absolute Gasteiger partial charge is 0.140 e. The summed E-state index contributed by atoms with van der Waals surface area (Å²) in [4.78, 5) is 0. The third-order valence-electron chi connectivity index (χ3n) is 12.3. The number of aromatic nitrogens is 1. The van der Waals surface area contributed by atoms with E-state index in [0.717, 1.165) is 27.6 Å². The molecule has 0 spiro atoms. The second-order valence-corrected chi connectivity index (χ2v) is 15.2. The Bertz CT molecular complexity index is 3180. The molecule has 266 valence electrons. The third-order valence-corrected chi connectivity index (χ3v) is 12.3. The second-order valence-electron chi connectivity index (χ2n) is 15.2. The van der Waals surface area contributed by atoms with Gasteiger partial charge in [-0.3, -0.25) is 0 Å². The van der Waals surface area contributed by atoms with Gasteiger partial charge in [0.2, 0.25) is 0 Å². The monoisotopic (exact) mass is 725 g/mol. The van der Waals surface area contributed by atoms with Crippen LogP contribution in [0.15, 0.2) is 217 Å². The highest BCUT2D eigenvalue weighted by molar-refractivity contribution is 6.13. The van der Waals surface area contributed by atoms with Gasteiger partial charge in [-0.2, -0.15) is 0 Å². The van der Waals surface area contributed by atoms with Crippen molar-refractivity contribution < 1.29 is 4.42 Å². The second kappa shape index (κ2) is 12.3. The molecule has 1 aliphatic rings. The molecule has 0 radical (unpaired) electrons. The van der Waals surface area contributed by atoms with Crippen molar-refractivity contribution in [2.45, 2.75) is 5.41 Å². The Labute approximate surface area is 330 Å². The van der Waals surface area contributed by atoms with Crippen LogP contribution in [-0.4, -0.2) is 4.57 Å². The van der Waals surface area contributed by atoms with E-state index >= 15 is 0 Å². The summed E-state index contributed by atoms with van der Waals surface area (Å²) < 4.78 is 9.40. The number of nitrogens with zero attached hydrogens (tertiary/aromatic N) is 1. The van der Waals surface area contributed by atoms with Crippen molar-refractivity contribution >= 4 is 43.7 Å². The average Bonchev–Trinajstić information content (AvgIpc) is 3.93. The molecule has 0 fully saturated rings. The van der Waals surface area contributed by atoms with Crippen molar-refractivity contribution in [1.82, 2.24) is 4.57 Å². The van der Waals surface area contributed by atoms with Gasteiger partial charge in [0.05, 0.1) is 16.4 Å². The zero-order valence-electron chi connectivity index (χ0n) is 31.1. The van der Waals surface area contributed by atoms with Crippen LogP contribution in [0, 0.1) is 0 Å². The molecular formula is C55H35NO. The average molecular weight is 726 g/mol. The Hall–Kier alpha value is -7.42. The fraction of sp³-hybridized carbons (Fsp3) is 0.0182. The van der Waals surface area contributed by atoms with Crippen LogP contribution in [0.1, 0.15) is 22.3 Å². The highest BCUT2D eigenvalue weighted by Gasteiger charge is 2.48. The summed E-state index contributed by atoms with van der Waals surface area (Å²) in [7, 11) is 0. The van der Waals surface area contributed by atoms with Gasteiger partial charge in [-0.15, -0.1) is 0 Å². The Morgan fingerprint density at radius 1 is 0.368 bits per heavy atom. The molecule has 0 atom stereocenters. The highest BCUT2D eigenvalue weighted by atomic mass is 16.3. The van der Waals surface area contributed by atoms with E-state index in [0.29, 0.717) is 0 Å². The van der Waals surface area contributed by atoms with E-state index in [9.17, 15) is 0 Å². The molecule has 1 aliphatic carbocycles. The van der Waals surface area contributed by atoms with Crippen LogP contribution >= 0.6 is 0 Å². The number of rotatable bonds is 5. The van der Waals surface area contributed by atoms with E-state index in [1.54, 1.807) is 0 Å². The SMILES string of the molecule is c1ccc(-c2ccc3c(c2)c2cc(-c4ccccc4)ccc2n3-c2ccc3c(c2)C(c2ccccc2)(c2ccccc2)c2c-3ccc3c2oc2ccccc23)cc1. The number of furan rings is 1. The van der Waals surface area contributed by atoms with Crippen molar-refractivity contribution in [2.75, 3.05) is 0 Å². The lowest BCUT2D eigenvalue weighted by Gasteiger charge is -2.34. The third kappa shape index (κ3) is 4.59. The van der Waals surface area contributed by atoms with Crippen LogP contribution in [0.2, 0.25) is 0 Å². The van der Waals surface area contributed by atoms with Gasteiger partial charge in [0, 0.05) is 32.8 Å². The Morgan fingerprint density at radius 2 is 0.895 bits per heavy atom. The van der Waals surface area contributed by atoms with Gasteiger partial charge >= 0.3 is 0 Å². The maximum absolute atomic E-state index is 6.93. The van der Waals surface area contributed by atoms with Gasteiger partial charge in [-0.1, -0.05) is 164 Å². The summed E-state index contributed by atoms with van der Waals surface area (Å²) in [6, 6.07) is 77.5. The minimum Gasteiger partial charge on any atom is -0.456 e. The lowest BCUT2D eigenvalue weighted by molar-refractivity contribution is 0.650. The first-order valence-electron chi connectivity index (χ1n) is 19.7. The fourth-order valence-corrected chi connectivity index (χ4v) is 9.80. The van der Waals surface area contributed by atoms with Crippen LogP contribution in [-0.2, 0) is 5.41 Å². The first-order chi connectivity index (χ1) is 28.3. The number of hydrogen-bond donors (Lipinski definition) is 0. The zero-order chi connectivity index (χ0) is 37.5. The highest BCUT2D eigenvalue weighted by Crippen LogP contribution is 2.59. The number of para-hydroxylation sites is 1. The predicted molar refractivity (Wildman–Crippen MR) is 236 cm³/mol. The van der Waals surface area contributed by atoms with Gasteiger partial charge in [0.15, 0.2) is 0 Å². The lowest BCUT2D eigenvalue weighted by atomic mass is 9.67. The summed E-state index contributed by atoms with van der Waals surface area (Å²) in [5.41, 5.74) is 16.8. The van der Waals surface area contributed by atoms with E-state index in [1.165, 1.54) is 77.4 Å². The molecule has 11 aromatic rings. The molecule has 0 saturated carbocycles. The molecule has 0 aliphatic heterocycles. The maximum Gasteiger partial charge on any atom is 0.140 e. The summed E-state index contributed by atoms with van der Waals surface area (Å²) >= 11 is 0. The van der Waals surface area contributed by atoms with E-state index in [4.69, 9.17) is 4.42 Å². The zero-order valence-corrected chi connectivity index (χ0v) is 31.1. The minimum atomic E-state index is -0.643. The molecule has 0 amide bonds. The molecule has 0 bridgehead atoms. The molecule has 2 nitrogen and oxygen atoms in total. The first kappa shape index (κ1) is 31.9. The standard InChI is InChI=1S/C55H35NO/c1-5-15-36(16-6-1)38-25-31-50-47(33-38)48-34-39(37-17-7-2-8-18-37)26-32-51(48)56(50)42-27-28-43-45-29-30-46-44-23-13-14-24-52(44)57-54(46)53(45)55(49(43)35-42,40-19-9-3-10-20-40)41-21-11-4-12-22-41/h1-35H. The summed E-state index contributed by atoms with van der Waals surface area (Å²) in [6.07, 6.45) is 0. The fourth-order valence-electron chi connectivity index (χ4n) is 9.80. The van der Waals surface area contributed by atoms with Crippen molar-refractivity contribution in [3.05, 3.63) is 235 Å². The molecule has 0 N–H and O–H groups in total. The van der Waals surface area contributed by atoms with E-state index in [-0.39, 0.29) is 0 Å². The van der Waals surface area contributed by atoms with Crippen LogP contribution in [0.4, 0.5) is 0 Å². The Kier molecular flexibility index (Phi) is 6.88. The van der Waals surface area contributed by atoms with Crippen molar-refractivity contribution in [1.29, 1.82) is 0 Å². The van der Waals surface area contributed by atoms with Crippen molar-refractivity contribution in [2.24, 2.45) is 0 Å². The van der Waals surface area contributed by atoms with Gasteiger partial charge < -0.3 is 8.98 Å². The molecular weight excluding hydrogens is 691 g/mol. The van der Waals surface area contributed by atoms with E-state index < -0.39 is 5.41 Å². The number of benzene rings is 9. The maximum atomic E-state index is 6.93. The van der Waals surface area contributed by atoms with Crippen LogP contribution < -0.4 is 0 Å². The topological polar surface area (TPSA) is 18.1 Å². The largest absolute Gasteiger partial charge is 0.456 e. The van der Waals surface area contributed by atoms with Crippen LogP contribution in [0.3, 0.4) is 0 Å². The molecule has 57 heavy (non-hydrogen) atoms. The van der Waals surface area contributed by atoms with Crippen molar-refractivity contribution in [3.63, 3.8) is 0 Å². The van der Waals surface area contributed by atoms with Gasteiger partial charge in [0.25, 0.3) is 0 Å². The first-order valence-corrected chi connectivity index (χ1v) is 19.7. The predicted octanol–water partition coefficient (Wildman–Crippen LogP) is 14.4. The molecule has 2 heteroatoms. The normalized spacial score (nSPS) is 13.1. The Balaban J connectivity index is 1.17. The van der Waals surface area contributed by atoms with Crippen molar-refractivity contribution in [3.8, 4) is 39.1 Å². The van der Waals surface area contributed by atoms with Gasteiger partial charge in [0.1, 0.15) is 11.2 Å². The lowest BCUT2D eigenvalue weighted by Crippen LogP contribution is -2.29. The summed E-state index contributed by atoms with van der Waals surface area (Å²) in [5, 5.41) is 4.74. The number of hydrogen-bond acceptors (Lipinski definition) is 1. The molecule has 2 aromatic heterocycles. The van der Waals surface area contributed by atoms with E-state index in [1.807, 2.05) is 0 Å². The van der Waals surface area contributed by atoms with E-state index in [2.05, 4.69) is 217 Å². The molecule has 0 unspecified atom stereocenters. The molecule has 12 rings (SSSR count). The number of fused-ring (bicyclic) bond motifs is 10.